The second-order valence-electron chi connectivity index (χ2n) is 3.56. The first-order valence-corrected chi connectivity index (χ1v) is 3.83. The van der Waals surface area contributed by atoms with Gasteiger partial charge >= 0.3 is 12.0 Å². The van der Waals surface area contributed by atoms with Crippen molar-refractivity contribution in [2.24, 2.45) is 5.73 Å². The molecule has 0 aliphatic carbocycles. The maximum absolute atomic E-state index is 10.9. The Bertz CT molecular complexity index is 209. The lowest BCUT2D eigenvalue weighted by atomic mass is 10.1. The predicted octanol–water partition coefficient (Wildman–Crippen LogP) is -0.0679. The Labute approximate surface area is 76.2 Å². The number of esters is 1. The van der Waals surface area contributed by atoms with Gasteiger partial charge in [0, 0.05) is 17.4 Å². The molecule has 0 aromatic rings. The lowest BCUT2D eigenvalue weighted by Gasteiger charge is -2.17. The van der Waals surface area contributed by atoms with Crippen LogP contribution in [-0.2, 0) is 9.53 Å². The lowest BCUT2D eigenvalue weighted by Crippen LogP contribution is -2.40. The fourth-order valence-electron chi connectivity index (χ4n) is 0.464. The molecule has 0 heterocycles. The molecular formula is C7H14N2O4. The highest BCUT2D eigenvalue weighted by Crippen LogP contribution is 2.00. The number of hydrogen-bond acceptors (Lipinski definition) is 5. The molecule has 0 aliphatic heterocycles. The molecule has 76 valence electrons. The van der Waals surface area contributed by atoms with Crippen molar-refractivity contribution >= 4 is 5.97 Å². The monoisotopic (exact) mass is 190 g/mol. The Kier molecular flexibility index (Phi) is 3.80. The number of ether oxygens (including phenoxy) is 1. The molecule has 1 atom stereocenters. The molecule has 13 heavy (non-hydrogen) atoms. The van der Waals surface area contributed by atoms with Crippen LogP contribution in [0.3, 0.4) is 0 Å². The number of nitrogens with zero attached hydrogens (tertiary/aromatic N) is 1. The smallest absolute Gasteiger partial charge is 0.381 e. The van der Waals surface area contributed by atoms with E-state index in [2.05, 4.69) is 4.74 Å². The van der Waals surface area contributed by atoms with Crippen molar-refractivity contribution in [3.05, 3.63) is 10.1 Å². The fourth-order valence-corrected chi connectivity index (χ4v) is 0.464. The van der Waals surface area contributed by atoms with E-state index >= 15 is 0 Å². The van der Waals surface area contributed by atoms with Crippen LogP contribution < -0.4 is 5.73 Å². The summed E-state index contributed by atoms with van der Waals surface area (Å²) in [4.78, 5) is 20.3. The zero-order valence-corrected chi connectivity index (χ0v) is 7.94. The van der Waals surface area contributed by atoms with Gasteiger partial charge in [-0.3, -0.25) is 10.1 Å². The Morgan fingerprint density at radius 1 is 1.69 bits per heavy atom. The third-order valence-corrected chi connectivity index (χ3v) is 1.24. The molecule has 1 unspecified atom stereocenters. The number of carbonyl (C=O) groups excluding carboxylic acids is 1. The molecule has 0 radical (unpaired) electrons. The molecule has 0 aromatic heterocycles. The Morgan fingerprint density at radius 2 is 2.15 bits per heavy atom. The van der Waals surface area contributed by atoms with Gasteiger partial charge in [-0.2, -0.15) is 0 Å². The summed E-state index contributed by atoms with van der Waals surface area (Å²) in [5, 5.41) is 10.1. The van der Waals surface area contributed by atoms with Gasteiger partial charge in [-0.1, -0.05) is 0 Å². The van der Waals surface area contributed by atoms with Crippen molar-refractivity contribution in [3.63, 3.8) is 0 Å². The Hall–Kier alpha value is -1.17. The van der Waals surface area contributed by atoms with Crippen LogP contribution >= 0.6 is 0 Å². The molecule has 0 aliphatic rings. The summed E-state index contributed by atoms with van der Waals surface area (Å²) in [6, 6.07) is -1.33. The number of rotatable bonds is 4. The van der Waals surface area contributed by atoms with Crippen molar-refractivity contribution in [3.8, 4) is 0 Å². The normalized spacial score (nSPS) is 13.5. The van der Waals surface area contributed by atoms with Gasteiger partial charge in [-0.15, -0.1) is 0 Å². The maximum atomic E-state index is 10.9. The number of nitrogens with two attached hydrogens (primary N) is 1. The highest BCUT2D eigenvalue weighted by molar-refractivity contribution is 5.73. The van der Waals surface area contributed by atoms with Gasteiger partial charge in [0.15, 0.2) is 0 Å². The molecule has 0 aromatic carbocycles. The highest BCUT2D eigenvalue weighted by atomic mass is 16.6. The van der Waals surface area contributed by atoms with Crippen LogP contribution in [0.25, 0.3) is 0 Å². The molecule has 0 saturated heterocycles. The molecule has 0 fully saturated rings. The van der Waals surface area contributed by atoms with E-state index in [9.17, 15) is 14.9 Å². The van der Waals surface area contributed by atoms with E-state index in [-0.39, 0.29) is 6.61 Å². The van der Waals surface area contributed by atoms with Gasteiger partial charge < -0.3 is 10.5 Å². The molecule has 6 heteroatoms. The van der Waals surface area contributed by atoms with Crippen LogP contribution in [0.4, 0.5) is 0 Å². The van der Waals surface area contributed by atoms with E-state index in [1.807, 2.05) is 0 Å². The zero-order valence-electron chi connectivity index (χ0n) is 7.94. The Morgan fingerprint density at radius 3 is 2.46 bits per heavy atom. The van der Waals surface area contributed by atoms with E-state index in [0.717, 1.165) is 0 Å². The lowest BCUT2D eigenvalue weighted by molar-refractivity contribution is -0.506. The van der Waals surface area contributed by atoms with Crippen LogP contribution in [0.1, 0.15) is 20.8 Å². The first-order chi connectivity index (χ1) is 5.74. The molecule has 0 bridgehead atoms. The van der Waals surface area contributed by atoms with Gasteiger partial charge in [-0.25, -0.2) is 4.79 Å². The summed E-state index contributed by atoms with van der Waals surface area (Å²) in [5.41, 5.74) is 4.85. The first kappa shape index (κ1) is 11.8. The maximum Gasteiger partial charge on any atom is 0.381 e. The van der Waals surface area contributed by atoms with Gasteiger partial charge in [0.05, 0.1) is 0 Å². The summed E-state index contributed by atoms with van der Waals surface area (Å²) >= 11 is 0. The summed E-state index contributed by atoms with van der Waals surface area (Å²) in [6.07, 6.45) is 0. The minimum Gasteiger partial charge on any atom is -0.459 e. The van der Waals surface area contributed by atoms with E-state index in [1.54, 1.807) is 13.8 Å². The summed E-state index contributed by atoms with van der Waals surface area (Å²) in [6.45, 7) is 4.48. The number of nitro groups is 1. The van der Waals surface area contributed by atoms with Gasteiger partial charge in [0.2, 0.25) is 0 Å². The highest BCUT2D eigenvalue weighted by Gasteiger charge is 2.26. The van der Waals surface area contributed by atoms with Gasteiger partial charge in [0.25, 0.3) is 0 Å². The van der Waals surface area contributed by atoms with Crippen molar-refractivity contribution in [1.29, 1.82) is 0 Å². The topological polar surface area (TPSA) is 95.5 Å². The van der Waals surface area contributed by atoms with Crippen LogP contribution in [0, 0.1) is 10.1 Å². The molecule has 0 amide bonds. The average molecular weight is 190 g/mol. The molecule has 0 rings (SSSR count). The van der Waals surface area contributed by atoms with E-state index < -0.39 is 22.5 Å². The number of carbonyl (C=O) groups is 1. The first-order valence-electron chi connectivity index (χ1n) is 3.83. The minimum atomic E-state index is -1.33. The minimum absolute atomic E-state index is 0.0238. The second-order valence-corrected chi connectivity index (χ2v) is 3.56. The van der Waals surface area contributed by atoms with Crippen molar-refractivity contribution in [2.75, 3.05) is 6.61 Å². The summed E-state index contributed by atoms with van der Waals surface area (Å²) in [5.74, 6) is -0.858. The van der Waals surface area contributed by atoms with E-state index in [1.165, 1.54) is 6.92 Å². The Balaban J connectivity index is 3.96. The van der Waals surface area contributed by atoms with Crippen LogP contribution in [0.5, 0.6) is 0 Å². The quantitative estimate of drug-likeness (QED) is 0.380. The van der Waals surface area contributed by atoms with E-state index in [4.69, 9.17) is 5.73 Å². The van der Waals surface area contributed by atoms with Crippen LogP contribution in [0.15, 0.2) is 0 Å². The third-order valence-electron chi connectivity index (χ3n) is 1.24. The van der Waals surface area contributed by atoms with E-state index in [0.29, 0.717) is 0 Å². The molecule has 2 N–H and O–H groups in total. The molecule has 0 spiro atoms. The third kappa shape index (κ3) is 5.13. The number of hydrogen-bond donors (Lipinski definition) is 1. The van der Waals surface area contributed by atoms with Crippen molar-refractivity contribution in [1.82, 2.24) is 0 Å². The fraction of sp³-hybridized carbons (Fsp3) is 0.857. The van der Waals surface area contributed by atoms with Gasteiger partial charge in [0.1, 0.15) is 6.61 Å². The molecular weight excluding hydrogens is 176 g/mol. The predicted molar refractivity (Wildman–Crippen MR) is 45.7 cm³/mol. The van der Waals surface area contributed by atoms with Gasteiger partial charge in [-0.05, 0) is 13.8 Å². The summed E-state index contributed by atoms with van der Waals surface area (Å²) in [7, 11) is 0. The zero-order chi connectivity index (χ0) is 10.6. The summed E-state index contributed by atoms with van der Waals surface area (Å²) < 4.78 is 4.62. The van der Waals surface area contributed by atoms with Crippen LogP contribution in [0.2, 0.25) is 0 Å². The van der Waals surface area contributed by atoms with Crippen LogP contribution in [-0.4, -0.2) is 29.1 Å². The SMILES string of the molecule is CC(C(=O)OCC(C)(C)N)[N+](=O)[O-]. The largest absolute Gasteiger partial charge is 0.459 e. The van der Waals surface area contributed by atoms with Crippen molar-refractivity contribution in [2.45, 2.75) is 32.4 Å². The average Bonchev–Trinajstić information content (AvgIpc) is 1.97. The molecule has 0 saturated carbocycles. The molecule has 6 nitrogen and oxygen atoms in total. The standard InChI is InChI=1S/C7H14N2O4/c1-5(9(11)12)6(10)13-4-7(2,3)8/h5H,4,8H2,1-3H3. The second kappa shape index (κ2) is 4.18. The van der Waals surface area contributed by atoms with Crippen molar-refractivity contribution < 1.29 is 14.5 Å².